The van der Waals surface area contributed by atoms with Gasteiger partial charge in [-0.2, -0.15) is 0 Å². The van der Waals surface area contributed by atoms with Gasteiger partial charge in [0.05, 0.1) is 0 Å². The van der Waals surface area contributed by atoms with E-state index in [2.05, 4.69) is 44.9 Å². The summed E-state index contributed by atoms with van der Waals surface area (Å²) in [7, 11) is 2.08. The number of rotatable bonds is 5. The van der Waals surface area contributed by atoms with Gasteiger partial charge in [-0.05, 0) is 31.7 Å². The second kappa shape index (κ2) is 5.85. The first-order chi connectivity index (χ1) is 7.85. The van der Waals surface area contributed by atoms with Crippen LogP contribution in [0.1, 0.15) is 32.4 Å². The number of nitrogens with zero attached hydrogens (tertiary/aromatic N) is 1. The lowest BCUT2D eigenvalue weighted by molar-refractivity contribution is 0.0985. The molecule has 0 radical (unpaired) electrons. The summed E-state index contributed by atoms with van der Waals surface area (Å²) in [5.41, 5.74) is 1.17. The van der Waals surface area contributed by atoms with Crippen molar-refractivity contribution in [2.24, 2.45) is 5.41 Å². The smallest absolute Gasteiger partial charge is 0.0494 e. The maximum Gasteiger partial charge on any atom is 0.0494 e. The van der Waals surface area contributed by atoms with Crippen LogP contribution in [-0.4, -0.2) is 30.2 Å². The molecule has 0 spiro atoms. The molecule has 0 bridgehead atoms. The molecule has 0 heterocycles. The molecule has 0 fully saturated rings. The molecule has 17 heavy (non-hydrogen) atoms. The highest BCUT2D eigenvalue weighted by atomic mass is 35.5. The average molecular weight is 256 g/mol. The number of aliphatic hydroxyl groups excluding tert-OH is 1. The van der Waals surface area contributed by atoms with Crippen LogP contribution in [0.3, 0.4) is 0 Å². The van der Waals surface area contributed by atoms with E-state index in [0.29, 0.717) is 6.04 Å². The van der Waals surface area contributed by atoms with Crippen LogP contribution in [-0.2, 0) is 0 Å². The minimum absolute atomic E-state index is 0.0740. The molecule has 1 rings (SSSR count). The van der Waals surface area contributed by atoms with Crippen molar-refractivity contribution >= 4 is 11.6 Å². The standard InChI is InChI=1S/C14H22ClNO/c1-11(12-5-7-13(15)8-6-12)16(4)9-14(2,3)10-17/h5-8,11,17H,9-10H2,1-4H3. The van der Waals surface area contributed by atoms with Crippen molar-refractivity contribution in [3.05, 3.63) is 34.9 Å². The predicted molar refractivity (Wildman–Crippen MR) is 73.4 cm³/mol. The van der Waals surface area contributed by atoms with Crippen LogP contribution in [0.15, 0.2) is 24.3 Å². The molecule has 1 unspecified atom stereocenters. The fourth-order valence-corrected chi connectivity index (χ4v) is 1.98. The second-order valence-corrected chi connectivity index (χ2v) is 5.90. The molecular weight excluding hydrogens is 234 g/mol. The van der Waals surface area contributed by atoms with E-state index in [1.165, 1.54) is 5.56 Å². The Bertz CT molecular complexity index is 348. The van der Waals surface area contributed by atoms with Crippen LogP contribution in [0.5, 0.6) is 0 Å². The molecule has 0 aliphatic rings. The van der Waals surface area contributed by atoms with Crippen molar-refractivity contribution < 1.29 is 5.11 Å². The third kappa shape index (κ3) is 4.30. The van der Waals surface area contributed by atoms with Crippen LogP contribution in [0, 0.1) is 5.41 Å². The Kier molecular flexibility index (Phi) is 4.99. The summed E-state index contributed by atoms with van der Waals surface area (Å²) >= 11 is 5.88. The Morgan fingerprint density at radius 3 is 2.29 bits per heavy atom. The first kappa shape index (κ1) is 14.5. The van der Waals surface area contributed by atoms with E-state index >= 15 is 0 Å². The van der Waals surface area contributed by atoms with E-state index in [9.17, 15) is 5.11 Å². The summed E-state index contributed by atoms with van der Waals surface area (Å²) in [5, 5.41) is 10.1. The van der Waals surface area contributed by atoms with Crippen molar-refractivity contribution in [3.8, 4) is 0 Å². The van der Waals surface area contributed by atoms with Crippen molar-refractivity contribution in [2.75, 3.05) is 20.2 Å². The molecule has 1 atom stereocenters. The van der Waals surface area contributed by atoms with Crippen LogP contribution in [0.25, 0.3) is 0 Å². The van der Waals surface area contributed by atoms with Crippen LogP contribution >= 0.6 is 11.6 Å². The van der Waals surface area contributed by atoms with Crippen molar-refractivity contribution in [3.63, 3.8) is 0 Å². The Balaban J connectivity index is 2.69. The molecule has 1 aromatic rings. The van der Waals surface area contributed by atoms with Gasteiger partial charge in [-0.3, -0.25) is 4.90 Å². The van der Waals surface area contributed by atoms with Crippen LogP contribution in [0.2, 0.25) is 5.02 Å². The molecule has 0 saturated carbocycles. The van der Waals surface area contributed by atoms with Crippen LogP contribution < -0.4 is 0 Å². The topological polar surface area (TPSA) is 23.5 Å². The molecule has 96 valence electrons. The first-order valence-corrected chi connectivity index (χ1v) is 6.30. The molecule has 0 amide bonds. The van der Waals surface area contributed by atoms with Gasteiger partial charge in [-0.15, -0.1) is 0 Å². The number of aliphatic hydroxyl groups is 1. The molecule has 0 aliphatic heterocycles. The van der Waals surface area contributed by atoms with E-state index in [1.807, 2.05) is 12.1 Å². The van der Waals surface area contributed by atoms with Crippen molar-refractivity contribution in [1.82, 2.24) is 4.90 Å². The molecule has 3 heteroatoms. The molecule has 0 aliphatic carbocycles. The lowest BCUT2D eigenvalue weighted by Gasteiger charge is -2.32. The van der Waals surface area contributed by atoms with E-state index < -0.39 is 0 Å². The van der Waals surface area contributed by atoms with Gasteiger partial charge >= 0.3 is 0 Å². The largest absolute Gasteiger partial charge is 0.396 e. The van der Waals surface area contributed by atoms with Crippen LogP contribution in [0.4, 0.5) is 0 Å². The van der Waals surface area contributed by atoms with Gasteiger partial charge in [-0.25, -0.2) is 0 Å². The van der Waals surface area contributed by atoms with Gasteiger partial charge < -0.3 is 5.11 Å². The summed E-state index contributed by atoms with van der Waals surface area (Å²) in [5.74, 6) is 0. The van der Waals surface area contributed by atoms with E-state index in [1.54, 1.807) is 0 Å². The molecule has 0 saturated heterocycles. The van der Waals surface area contributed by atoms with Crippen molar-refractivity contribution in [2.45, 2.75) is 26.8 Å². The average Bonchev–Trinajstić information content (AvgIpc) is 2.28. The maximum atomic E-state index is 9.29. The zero-order valence-electron chi connectivity index (χ0n) is 11.1. The number of hydrogen-bond donors (Lipinski definition) is 1. The highest BCUT2D eigenvalue weighted by Gasteiger charge is 2.22. The highest BCUT2D eigenvalue weighted by Crippen LogP contribution is 2.24. The molecule has 1 N–H and O–H groups in total. The Morgan fingerprint density at radius 1 is 1.29 bits per heavy atom. The lowest BCUT2D eigenvalue weighted by atomic mass is 9.93. The van der Waals surface area contributed by atoms with E-state index in [0.717, 1.165) is 11.6 Å². The summed E-state index contributed by atoms with van der Waals surface area (Å²) in [6, 6.07) is 8.25. The third-order valence-electron chi connectivity index (χ3n) is 3.12. The van der Waals surface area contributed by atoms with Gasteiger partial charge in [-0.1, -0.05) is 37.6 Å². The Labute approximate surface area is 109 Å². The molecule has 0 aromatic heterocycles. The van der Waals surface area contributed by atoms with E-state index in [4.69, 9.17) is 11.6 Å². The lowest BCUT2D eigenvalue weighted by Crippen LogP contribution is -2.35. The normalized spacial score (nSPS) is 14.1. The minimum atomic E-state index is -0.0740. The zero-order chi connectivity index (χ0) is 13.1. The zero-order valence-corrected chi connectivity index (χ0v) is 11.8. The molecule has 2 nitrogen and oxygen atoms in total. The fourth-order valence-electron chi connectivity index (χ4n) is 1.86. The predicted octanol–water partition coefficient (Wildman–Crippen LogP) is 3.35. The number of benzene rings is 1. The quantitative estimate of drug-likeness (QED) is 0.872. The van der Waals surface area contributed by atoms with Gasteiger partial charge in [0.2, 0.25) is 0 Å². The molecular formula is C14H22ClNO. The first-order valence-electron chi connectivity index (χ1n) is 5.92. The maximum absolute atomic E-state index is 9.29. The Hall–Kier alpha value is -0.570. The van der Waals surface area contributed by atoms with Gasteiger partial charge in [0.25, 0.3) is 0 Å². The Morgan fingerprint density at radius 2 is 1.82 bits per heavy atom. The van der Waals surface area contributed by atoms with Gasteiger partial charge in [0.15, 0.2) is 0 Å². The number of hydrogen-bond acceptors (Lipinski definition) is 2. The highest BCUT2D eigenvalue weighted by molar-refractivity contribution is 6.30. The molecule has 1 aromatic carbocycles. The minimum Gasteiger partial charge on any atom is -0.396 e. The van der Waals surface area contributed by atoms with E-state index in [-0.39, 0.29) is 12.0 Å². The second-order valence-electron chi connectivity index (χ2n) is 5.46. The van der Waals surface area contributed by atoms with Gasteiger partial charge in [0.1, 0.15) is 0 Å². The summed E-state index contributed by atoms with van der Waals surface area (Å²) < 4.78 is 0. The SMILES string of the molecule is CC(c1ccc(Cl)cc1)N(C)CC(C)(C)CO. The fraction of sp³-hybridized carbons (Fsp3) is 0.571. The summed E-state index contributed by atoms with van der Waals surface area (Å²) in [6.45, 7) is 7.35. The third-order valence-corrected chi connectivity index (χ3v) is 3.37. The van der Waals surface area contributed by atoms with Gasteiger partial charge in [0, 0.05) is 29.6 Å². The van der Waals surface area contributed by atoms with Crippen molar-refractivity contribution in [1.29, 1.82) is 0 Å². The summed E-state index contributed by atoms with van der Waals surface area (Å²) in [4.78, 5) is 2.25. The monoisotopic (exact) mass is 255 g/mol. The summed E-state index contributed by atoms with van der Waals surface area (Å²) in [6.07, 6.45) is 0. The number of halogens is 1.